The van der Waals surface area contributed by atoms with E-state index < -0.39 is 0 Å². The number of amides is 1. The summed E-state index contributed by atoms with van der Waals surface area (Å²) in [6, 6.07) is 14.2. The van der Waals surface area contributed by atoms with Crippen molar-refractivity contribution in [2.45, 2.75) is 6.54 Å². The van der Waals surface area contributed by atoms with Gasteiger partial charge < -0.3 is 15.1 Å². The van der Waals surface area contributed by atoms with Crippen molar-refractivity contribution >= 4 is 17.3 Å². The van der Waals surface area contributed by atoms with Crippen LogP contribution in [-0.2, 0) is 6.54 Å². The first-order valence-electron chi connectivity index (χ1n) is 9.58. The van der Waals surface area contributed by atoms with Crippen molar-refractivity contribution in [3.05, 3.63) is 84.2 Å². The number of halogens is 1. The third-order valence-corrected chi connectivity index (χ3v) is 4.96. The van der Waals surface area contributed by atoms with Gasteiger partial charge in [0.1, 0.15) is 11.5 Å². The van der Waals surface area contributed by atoms with Crippen LogP contribution < -0.4 is 10.2 Å². The van der Waals surface area contributed by atoms with Crippen molar-refractivity contribution in [1.82, 2.24) is 14.9 Å². The molecule has 0 saturated carbocycles. The molecule has 0 radical (unpaired) electrons. The summed E-state index contributed by atoms with van der Waals surface area (Å²) in [6.45, 7) is 2.86. The van der Waals surface area contributed by atoms with Gasteiger partial charge in [-0.25, -0.2) is 4.39 Å². The highest BCUT2D eigenvalue weighted by Crippen LogP contribution is 2.21. The molecule has 0 bridgehead atoms. The van der Waals surface area contributed by atoms with E-state index in [0.717, 1.165) is 11.3 Å². The Morgan fingerprint density at radius 3 is 2.62 bits per heavy atom. The zero-order chi connectivity index (χ0) is 20.1. The van der Waals surface area contributed by atoms with Crippen molar-refractivity contribution < 1.29 is 9.18 Å². The molecule has 1 fully saturated rings. The third-order valence-electron chi connectivity index (χ3n) is 4.96. The summed E-state index contributed by atoms with van der Waals surface area (Å²) in [6.07, 6.45) is 5.17. The molecule has 0 unspecified atom stereocenters. The van der Waals surface area contributed by atoms with E-state index in [9.17, 15) is 9.18 Å². The molecule has 1 saturated heterocycles. The van der Waals surface area contributed by atoms with Crippen LogP contribution >= 0.6 is 0 Å². The minimum absolute atomic E-state index is 0.108. The average molecular weight is 391 g/mol. The Balaban J connectivity index is 1.37. The van der Waals surface area contributed by atoms with E-state index in [0.29, 0.717) is 44.1 Å². The van der Waals surface area contributed by atoms with Crippen molar-refractivity contribution in [1.29, 1.82) is 0 Å². The molecule has 7 heteroatoms. The number of nitrogens with one attached hydrogen (secondary N) is 1. The fourth-order valence-corrected chi connectivity index (χ4v) is 3.38. The Morgan fingerprint density at radius 1 is 1.03 bits per heavy atom. The van der Waals surface area contributed by atoms with Gasteiger partial charge in [0.2, 0.25) is 0 Å². The summed E-state index contributed by atoms with van der Waals surface area (Å²) in [5.74, 6) is -0.343. The first-order valence-corrected chi connectivity index (χ1v) is 9.58. The Labute approximate surface area is 169 Å². The van der Waals surface area contributed by atoms with Crippen LogP contribution in [0, 0.1) is 5.82 Å². The van der Waals surface area contributed by atoms with Gasteiger partial charge in [0.25, 0.3) is 5.91 Å². The average Bonchev–Trinajstić information content (AvgIpc) is 2.79. The summed E-state index contributed by atoms with van der Waals surface area (Å²) in [4.78, 5) is 24.9. The standard InChI is InChI=1S/C22H22FN5O/c23-19-5-1-2-6-21(19)27-10-12-28(13-11-27)22(29)20-14-18(7-9-25-20)26-16-17-4-3-8-24-15-17/h1-9,14-15H,10-13,16H2,(H,25,26). The monoisotopic (exact) mass is 391 g/mol. The molecular weight excluding hydrogens is 369 g/mol. The molecule has 3 heterocycles. The second-order valence-electron chi connectivity index (χ2n) is 6.88. The van der Waals surface area contributed by atoms with Crippen LogP contribution in [0.15, 0.2) is 67.1 Å². The minimum Gasteiger partial charge on any atom is -0.381 e. The van der Waals surface area contributed by atoms with Crippen LogP contribution in [0.5, 0.6) is 0 Å². The van der Waals surface area contributed by atoms with Crippen LogP contribution in [-0.4, -0.2) is 47.0 Å². The lowest BCUT2D eigenvalue weighted by molar-refractivity contribution is 0.0741. The Morgan fingerprint density at radius 2 is 1.86 bits per heavy atom. The predicted octanol–water partition coefficient (Wildman–Crippen LogP) is 3.19. The molecule has 1 aromatic carbocycles. The molecule has 3 aromatic rings. The zero-order valence-corrected chi connectivity index (χ0v) is 16.0. The number of rotatable bonds is 5. The van der Waals surface area contributed by atoms with Crippen LogP contribution in [0.25, 0.3) is 0 Å². The van der Waals surface area contributed by atoms with Crippen molar-refractivity contribution in [3.63, 3.8) is 0 Å². The molecule has 0 atom stereocenters. The number of carbonyl (C=O) groups excluding carboxylic acids is 1. The van der Waals surface area contributed by atoms with Crippen LogP contribution in [0.4, 0.5) is 15.8 Å². The van der Waals surface area contributed by atoms with E-state index in [4.69, 9.17) is 0 Å². The van der Waals surface area contributed by atoms with Gasteiger partial charge in [-0.3, -0.25) is 14.8 Å². The number of anilines is 2. The Bertz CT molecular complexity index is 974. The maximum Gasteiger partial charge on any atom is 0.272 e. The summed E-state index contributed by atoms with van der Waals surface area (Å²) >= 11 is 0. The second-order valence-corrected chi connectivity index (χ2v) is 6.88. The van der Waals surface area contributed by atoms with E-state index in [-0.39, 0.29) is 11.7 Å². The zero-order valence-electron chi connectivity index (χ0n) is 16.0. The van der Waals surface area contributed by atoms with Crippen LogP contribution in [0.1, 0.15) is 16.1 Å². The molecule has 29 heavy (non-hydrogen) atoms. The maximum absolute atomic E-state index is 14.0. The lowest BCUT2D eigenvalue weighted by Gasteiger charge is -2.36. The van der Waals surface area contributed by atoms with Crippen molar-refractivity contribution in [2.24, 2.45) is 0 Å². The Kier molecular flexibility index (Phi) is 5.65. The largest absolute Gasteiger partial charge is 0.381 e. The quantitative estimate of drug-likeness (QED) is 0.724. The van der Waals surface area contributed by atoms with Gasteiger partial charge in [0, 0.05) is 57.0 Å². The Hall–Kier alpha value is -3.48. The number of piperazine rings is 1. The number of nitrogens with zero attached hydrogens (tertiary/aromatic N) is 4. The highest BCUT2D eigenvalue weighted by molar-refractivity contribution is 5.93. The van der Waals surface area contributed by atoms with E-state index in [1.807, 2.05) is 29.2 Å². The van der Waals surface area contributed by atoms with Gasteiger partial charge >= 0.3 is 0 Å². The van der Waals surface area contributed by atoms with E-state index in [1.54, 1.807) is 41.7 Å². The summed E-state index contributed by atoms with van der Waals surface area (Å²) in [7, 11) is 0. The first-order chi connectivity index (χ1) is 14.2. The SMILES string of the molecule is O=C(c1cc(NCc2cccnc2)ccn1)N1CCN(c2ccccc2F)CC1. The number of hydrogen-bond acceptors (Lipinski definition) is 5. The fourth-order valence-electron chi connectivity index (χ4n) is 3.38. The molecule has 4 rings (SSSR count). The molecule has 6 nitrogen and oxygen atoms in total. The molecule has 2 aromatic heterocycles. The van der Waals surface area contributed by atoms with Crippen molar-refractivity contribution in [2.75, 3.05) is 36.4 Å². The number of benzene rings is 1. The fraction of sp³-hybridized carbons (Fsp3) is 0.227. The van der Waals surface area contributed by atoms with Crippen LogP contribution in [0.2, 0.25) is 0 Å². The molecular formula is C22H22FN5O. The maximum atomic E-state index is 14.0. The van der Waals surface area contributed by atoms with Gasteiger partial charge in [-0.15, -0.1) is 0 Å². The van der Waals surface area contributed by atoms with E-state index in [1.165, 1.54) is 6.07 Å². The number of pyridine rings is 2. The molecule has 1 amide bonds. The smallest absolute Gasteiger partial charge is 0.272 e. The van der Waals surface area contributed by atoms with Gasteiger partial charge in [0.05, 0.1) is 5.69 Å². The normalized spacial score (nSPS) is 14.0. The van der Waals surface area contributed by atoms with Gasteiger partial charge in [-0.1, -0.05) is 18.2 Å². The lowest BCUT2D eigenvalue weighted by atomic mass is 10.2. The second kappa shape index (κ2) is 8.68. The molecule has 1 N–H and O–H groups in total. The predicted molar refractivity (Wildman–Crippen MR) is 110 cm³/mol. The van der Waals surface area contributed by atoms with E-state index >= 15 is 0 Å². The lowest BCUT2D eigenvalue weighted by Crippen LogP contribution is -2.49. The van der Waals surface area contributed by atoms with Crippen LogP contribution in [0.3, 0.4) is 0 Å². The van der Waals surface area contributed by atoms with E-state index in [2.05, 4.69) is 15.3 Å². The molecule has 148 valence electrons. The first kappa shape index (κ1) is 18.9. The molecule has 0 spiro atoms. The highest BCUT2D eigenvalue weighted by atomic mass is 19.1. The summed E-state index contributed by atoms with van der Waals surface area (Å²) in [5, 5.41) is 3.29. The highest BCUT2D eigenvalue weighted by Gasteiger charge is 2.24. The third kappa shape index (κ3) is 4.51. The minimum atomic E-state index is -0.235. The number of para-hydroxylation sites is 1. The topological polar surface area (TPSA) is 61.4 Å². The van der Waals surface area contributed by atoms with Gasteiger partial charge in [-0.05, 0) is 35.9 Å². The molecule has 1 aliphatic rings. The summed E-state index contributed by atoms with van der Waals surface area (Å²) < 4.78 is 14.0. The summed E-state index contributed by atoms with van der Waals surface area (Å²) in [5.41, 5.74) is 2.87. The van der Waals surface area contributed by atoms with Gasteiger partial charge in [0.15, 0.2) is 0 Å². The number of aromatic nitrogens is 2. The molecule has 0 aliphatic carbocycles. The number of hydrogen-bond donors (Lipinski definition) is 1. The van der Waals surface area contributed by atoms with Crippen molar-refractivity contribution in [3.8, 4) is 0 Å². The number of carbonyl (C=O) groups is 1. The van der Waals surface area contributed by atoms with Gasteiger partial charge in [-0.2, -0.15) is 0 Å². The molecule has 1 aliphatic heterocycles.